The van der Waals surface area contributed by atoms with Crippen molar-refractivity contribution in [1.29, 1.82) is 0 Å². The number of sulfonamides is 1. The molecule has 1 aromatic rings. The van der Waals surface area contributed by atoms with Gasteiger partial charge >= 0.3 is 0 Å². The molecule has 1 heterocycles. The van der Waals surface area contributed by atoms with Crippen molar-refractivity contribution in [3.05, 3.63) is 29.3 Å². The van der Waals surface area contributed by atoms with Gasteiger partial charge in [-0.05, 0) is 56.3 Å². The number of carbonyl (C=O) groups excluding carboxylic acids is 2. The Morgan fingerprint density at radius 2 is 1.65 bits per heavy atom. The summed E-state index contributed by atoms with van der Waals surface area (Å²) in [5, 5.41) is 0. The molecule has 0 aliphatic carbocycles. The minimum absolute atomic E-state index is 0.0267. The molecule has 1 aliphatic heterocycles. The third-order valence-corrected chi connectivity index (χ3v) is 7.77. The summed E-state index contributed by atoms with van der Waals surface area (Å²) in [7, 11) is -1.79. The van der Waals surface area contributed by atoms with E-state index in [9.17, 15) is 18.0 Å². The Kier molecular flexibility index (Phi) is 9.85. The maximum absolute atomic E-state index is 13.2. The number of hydrogen-bond donors (Lipinski definition) is 0. The Labute approximate surface area is 188 Å². The molecule has 0 unspecified atom stereocenters. The molecule has 0 bridgehead atoms. The zero-order valence-corrected chi connectivity index (χ0v) is 20.3. The highest BCUT2D eigenvalue weighted by Gasteiger charge is 2.27. The first-order chi connectivity index (χ1) is 14.6. The highest BCUT2D eigenvalue weighted by Crippen LogP contribution is 2.24. The number of carbonyl (C=O) groups is 2. The fourth-order valence-electron chi connectivity index (χ4n) is 3.92. The van der Waals surface area contributed by atoms with Crippen LogP contribution in [0.5, 0.6) is 0 Å². The van der Waals surface area contributed by atoms with Gasteiger partial charge in [-0.15, -0.1) is 0 Å². The summed E-state index contributed by atoms with van der Waals surface area (Å²) < 4.78 is 28.0. The van der Waals surface area contributed by atoms with E-state index in [0.29, 0.717) is 41.5 Å². The van der Waals surface area contributed by atoms with Crippen LogP contribution in [0.1, 0.15) is 63.5 Å². The minimum Gasteiger partial charge on any atom is -0.298 e. The van der Waals surface area contributed by atoms with E-state index in [1.165, 1.54) is 0 Å². The molecule has 0 aromatic heterocycles. The quantitative estimate of drug-likeness (QED) is 0.515. The highest BCUT2D eigenvalue weighted by atomic mass is 32.2. The molecule has 1 saturated heterocycles. The first kappa shape index (κ1) is 25.7. The molecule has 1 aromatic carbocycles. The molecular formula is C24H38N2O4S. The second kappa shape index (κ2) is 11.9. The molecule has 0 radical (unpaired) electrons. The predicted molar refractivity (Wildman–Crippen MR) is 124 cm³/mol. The van der Waals surface area contributed by atoms with Gasteiger partial charge in [0, 0.05) is 25.9 Å². The van der Waals surface area contributed by atoms with Crippen molar-refractivity contribution >= 4 is 21.6 Å². The van der Waals surface area contributed by atoms with Crippen LogP contribution < -0.4 is 0 Å². The fraction of sp³-hybridized carbons (Fsp3) is 0.667. The molecule has 2 rings (SSSR count). The lowest BCUT2D eigenvalue weighted by Crippen LogP contribution is -2.33. The lowest BCUT2D eigenvalue weighted by atomic mass is 10.1. The lowest BCUT2D eigenvalue weighted by molar-refractivity contribution is -0.122. The summed E-state index contributed by atoms with van der Waals surface area (Å²) in [6.45, 7) is 7.53. The molecule has 1 fully saturated rings. The van der Waals surface area contributed by atoms with Crippen LogP contribution in [0.25, 0.3) is 0 Å². The smallest absolute Gasteiger partial charge is 0.243 e. The Morgan fingerprint density at radius 1 is 1.03 bits per heavy atom. The van der Waals surface area contributed by atoms with Gasteiger partial charge in [0.2, 0.25) is 10.0 Å². The van der Waals surface area contributed by atoms with Crippen LogP contribution in [0.15, 0.2) is 23.1 Å². The summed E-state index contributed by atoms with van der Waals surface area (Å²) in [4.78, 5) is 26.6. The number of rotatable bonds is 11. The average molecular weight is 451 g/mol. The predicted octanol–water partition coefficient (Wildman–Crippen LogP) is 3.61. The zero-order valence-electron chi connectivity index (χ0n) is 19.5. The van der Waals surface area contributed by atoms with Gasteiger partial charge < -0.3 is 0 Å². The molecule has 7 heteroatoms. The van der Waals surface area contributed by atoms with Gasteiger partial charge in [0.1, 0.15) is 5.78 Å². The fourth-order valence-corrected chi connectivity index (χ4v) is 5.72. The zero-order chi connectivity index (χ0) is 23.0. The van der Waals surface area contributed by atoms with Crippen LogP contribution in [0.3, 0.4) is 0 Å². The second-order valence-corrected chi connectivity index (χ2v) is 11.2. The second-order valence-electron chi connectivity index (χ2n) is 9.28. The van der Waals surface area contributed by atoms with E-state index >= 15 is 0 Å². The summed E-state index contributed by atoms with van der Waals surface area (Å²) in [5.41, 5.74) is 1.40. The van der Waals surface area contributed by atoms with Crippen LogP contribution in [0, 0.1) is 12.8 Å². The van der Waals surface area contributed by atoms with E-state index in [1.807, 2.05) is 6.07 Å². The van der Waals surface area contributed by atoms with E-state index in [-0.39, 0.29) is 31.1 Å². The maximum Gasteiger partial charge on any atom is 0.243 e. The number of aryl methyl sites for hydroxylation is 1. The number of benzene rings is 1. The summed E-state index contributed by atoms with van der Waals surface area (Å²) in [5.74, 6) is 0.600. The Balaban J connectivity index is 2.01. The van der Waals surface area contributed by atoms with Gasteiger partial charge in [0.15, 0.2) is 5.78 Å². The molecule has 0 amide bonds. The van der Waals surface area contributed by atoms with Gasteiger partial charge in [-0.1, -0.05) is 38.8 Å². The number of nitrogens with zero attached hydrogens (tertiary/aromatic N) is 2. The normalized spacial score (nSPS) is 15.9. The van der Waals surface area contributed by atoms with E-state index in [1.54, 1.807) is 35.3 Å². The van der Waals surface area contributed by atoms with Gasteiger partial charge in [-0.2, -0.15) is 4.31 Å². The Bertz CT molecular complexity index is 856. The minimum atomic E-state index is -3.56. The van der Waals surface area contributed by atoms with Crippen LogP contribution in [-0.4, -0.2) is 62.4 Å². The molecule has 0 atom stereocenters. The SMILES string of the molecule is Cc1ccc(CC(=O)CN(C)CC(=O)CCC(C)C)cc1S(=O)(=O)N1CCCCCC1. The van der Waals surface area contributed by atoms with E-state index in [2.05, 4.69) is 13.8 Å². The summed E-state index contributed by atoms with van der Waals surface area (Å²) in [6, 6.07) is 5.26. The van der Waals surface area contributed by atoms with Crippen molar-refractivity contribution in [2.24, 2.45) is 5.92 Å². The molecule has 0 spiro atoms. The van der Waals surface area contributed by atoms with Crippen molar-refractivity contribution < 1.29 is 18.0 Å². The third kappa shape index (κ3) is 8.13. The first-order valence-corrected chi connectivity index (χ1v) is 12.8. The van der Waals surface area contributed by atoms with Crippen molar-refractivity contribution in [3.63, 3.8) is 0 Å². The van der Waals surface area contributed by atoms with Crippen LogP contribution in [0.4, 0.5) is 0 Å². The number of likely N-dealkylation sites (N-methyl/N-ethyl adjacent to an activating group) is 1. The Morgan fingerprint density at radius 3 is 2.26 bits per heavy atom. The topological polar surface area (TPSA) is 74.8 Å². The van der Waals surface area contributed by atoms with Gasteiger partial charge in [0.05, 0.1) is 18.0 Å². The largest absolute Gasteiger partial charge is 0.298 e. The standard InChI is InChI=1S/C24H38N2O4S/c1-19(2)9-12-22(27)17-25(4)18-23(28)15-21-11-10-20(3)24(16-21)31(29,30)26-13-7-5-6-8-14-26/h10-11,16,19H,5-9,12-15,17-18H2,1-4H3. The molecule has 174 valence electrons. The monoisotopic (exact) mass is 450 g/mol. The van der Waals surface area contributed by atoms with Crippen molar-refractivity contribution in [3.8, 4) is 0 Å². The van der Waals surface area contributed by atoms with Crippen molar-refractivity contribution in [2.75, 3.05) is 33.2 Å². The maximum atomic E-state index is 13.2. The molecule has 0 saturated carbocycles. The van der Waals surface area contributed by atoms with E-state index in [4.69, 9.17) is 0 Å². The number of hydrogen-bond acceptors (Lipinski definition) is 5. The summed E-state index contributed by atoms with van der Waals surface area (Å²) >= 11 is 0. The molecule has 6 nitrogen and oxygen atoms in total. The van der Waals surface area contributed by atoms with Crippen LogP contribution >= 0.6 is 0 Å². The first-order valence-electron chi connectivity index (χ1n) is 11.4. The molecule has 0 N–H and O–H groups in total. The highest BCUT2D eigenvalue weighted by molar-refractivity contribution is 7.89. The van der Waals surface area contributed by atoms with Gasteiger partial charge in [-0.25, -0.2) is 8.42 Å². The van der Waals surface area contributed by atoms with E-state index in [0.717, 1.165) is 32.1 Å². The third-order valence-electron chi connectivity index (χ3n) is 5.73. The summed E-state index contributed by atoms with van der Waals surface area (Å²) in [6.07, 6.45) is 5.45. The number of Topliss-reactive ketones (excluding diaryl/α,β-unsaturated/α-hetero) is 2. The van der Waals surface area contributed by atoms with Crippen molar-refractivity contribution in [1.82, 2.24) is 9.21 Å². The van der Waals surface area contributed by atoms with Crippen LogP contribution in [0.2, 0.25) is 0 Å². The van der Waals surface area contributed by atoms with Gasteiger partial charge in [-0.3, -0.25) is 14.5 Å². The van der Waals surface area contributed by atoms with E-state index < -0.39 is 10.0 Å². The average Bonchev–Trinajstić information content (AvgIpc) is 2.97. The van der Waals surface area contributed by atoms with Crippen LogP contribution in [-0.2, 0) is 26.0 Å². The van der Waals surface area contributed by atoms with Crippen molar-refractivity contribution in [2.45, 2.75) is 70.6 Å². The molecule has 31 heavy (non-hydrogen) atoms. The van der Waals surface area contributed by atoms with Gasteiger partial charge in [0.25, 0.3) is 0 Å². The molecular weight excluding hydrogens is 412 g/mol. The molecule has 1 aliphatic rings. The lowest BCUT2D eigenvalue weighted by Gasteiger charge is -2.21. The number of ketones is 2. The Hall–Kier alpha value is -1.57.